The number of hydrogen-bond donors (Lipinski definition) is 1. The van der Waals surface area contributed by atoms with Crippen LogP contribution in [0.15, 0.2) is 41.4 Å². The van der Waals surface area contributed by atoms with Gasteiger partial charge in [0.25, 0.3) is 11.8 Å². The maximum absolute atomic E-state index is 15.9. The van der Waals surface area contributed by atoms with Crippen LogP contribution in [0.3, 0.4) is 0 Å². The number of amides is 5. The summed E-state index contributed by atoms with van der Waals surface area (Å²) in [6, 6.07) is 6.39. The normalized spacial score (nSPS) is 26.7. The van der Waals surface area contributed by atoms with E-state index in [2.05, 4.69) is 10.2 Å². The number of likely N-dealkylation sites (tertiary alicyclic amines) is 1. The van der Waals surface area contributed by atoms with E-state index >= 15 is 4.39 Å². The van der Waals surface area contributed by atoms with Gasteiger partial charge in [0.05, 0.1) is 28.7 Å². The summed E-state index contributed by atoms with van der Waals surface area (Å²) in [5.74, 6) is -5.07. The topological polar surface area (TPSA) is 153 Å². The van der Waals surface area contributed by atoms with Gasteiger partial charge < -0.3 is 9.80 Å². The van der Waals surface area contributed by atoms with Crippen LogP contribution in [0.1, 0.15) is 103 Å². The Labute approximate surface area is 360 Å². The van der Waals surface area contributed by atoms with Crippen molar-refractivity contribution in [1.82, 2.24) is 34.8 Å². The van der Waals surface area contributed by atoms with Crippen molar-refractivity contribution in [3.63, 3.8) is 0 Å². The van der Waals surface area contributed by atoms with Crippen molar-refractivity contribution in [3.8, 4) is 5.00 Å². The molecule has 0 radical (unpaired) electrons. The number of nitrogens with zero attached hydrogens (tertiary/aromatic N) is 8. The first-order valence-electron chi connectivity index (χ1n) is 23.2. The molecule has 5 aliphatic rings. The fourth-order valence-corrected chi connectivity index (χ4v) is 9.55. The number of thiophene rings is 1. The zero-order valence-electron chi connectivity index (χ0n) is 40.1. The maximum Gasteiger partial charge on any atom is 0.265 e. The van der Waals surface area contributed by atoms with Gasteiger partial charge in [-0.3, -0.25) is 48.6 Å². The van der Waals surface area contributed by atoms with Gasteiger partial charge in [-0.05, 0) is 75.8 Å². The number of piperidine rings is 2. The summed E-state index contributed by atoms with van der Waals surface area (Å²) in [5, 5.41) is 12.3. The largest absolute Gasteiger partial charge is 0.369 e. The Hall–Kier alpha value is -5.32. The Balaban J connectivity index is 0.934. The van der Waals surface area contributed by atoms with Gasteiger partial charge in [0.15, 0.2) is 5.82 Å². The Morgan fingerprint density at radius 1 is 0.966 bits per heavy atom. The average molecular weight is 848 g/mol. The number of fused-ring (bicyclic) bond motifs is 4. The molecule has 9 rings (SSSR count). The zero-order valence-corrected chi connectivity index (χ0v) is 33.7. The number of carbonyl (C=O) groups excluding carboxylic acids is 5. The molecule has 3 fully saturated rings. The highest BCUT2D eigenvalue weighted by Gasteiger charge is 2.46. The first kappa shape index (κ1) is 30.7. The van der Waals surface area contributed by atoms with Gasteiger partial charge in [0.2, 0.25) is 17.7 Å². The van der Waals surface area contributed by atoms with Crippen LogP contribution in [-0.4, -0.2) is 116 Å². The predicted octanol–water partition coefficient (Wildman–Crippen LogP) is 4.79. The second-order valence-corrected chi connectivity index (χ2v) is 16.8. The molecule has 14 nitrogen and oxygen atoms in total. The fourth-order valence-electron chi connectivity index (χ4n) is 8.21. The highest BCUT2D eigenvalue weighted by Crippen LogP contribution is 2.40. The molecule has 4 aromatic rings. The van der Waals surface area contributed by atoms with Crippen LogP contribution in [0.2, 0.25) is 5.02 Å². The third-order valence-corrected chi connectivity index (χ3v) is 12.9. The van der Waals surface area contributed by atoms with Crippen molar-refractivity contribution >= 4 is 63.9 Å². The van der Waals surface area contributed by atoms with Crippen molar-refractivity contribution in [3.05, 3.63) is 91.6 Å². The molecule has 3 saturated heterocycles. The number of nitrogens with one attached hydrogen (secondary N) is 1. The quantitative estimate of drug-likeness (QED) is 0.259. The lowest BCUT2D eigenvalue weighted by Gasteiger charge is -2.39. The van der Waals surface area contributed by atoms with Gasteiger partial charge in [-0.15, -0.1) is 21.5 Å². The van der Waals surface area contributed by atoms with E-state index in [-0.39, 0.29) is 56.0 Å². The van der Waals surface area contributed by atoms with E-state index in [4.69, 9.17) is 27.6 Å². The number of benzene rings is 2. The highest BCUT2D eigenvalue weighted by atomic mass is 35.5. The first-order valence-corrected chi connectivity index (χ1v) is 20.3. The van der Waals surface area contributed by atoms with E-state index < -0.39 is 96.8 Å². The molecule has 0 aliphatic carbocycles. The van der Waals surface area contributed by atoms with E-state index in [1.165, 1.54) is 0 Å². The van der Waals surface area contributed by atoms with Crippen molar-refractivity contribution in [1.29, 1.82) is 0 Å². The van der Waals surface area contributed by atoms with Crippen molar-refractivity contribution in [2.24, 2.45) is 10.9 Å². The summed E-state index contributed by atoms with van der Waals surface area (Å²) in [6.45, 7) is -7.76. The first-order chi connectivity index (χ1) is 31.4. The molecule has 17 heteroatoms. The van der Waals surface area contributed by atoms with E-state index in [1.807, 2.05) is 42.8 Å². The van der Waals surface area contributed by atoms with Gasteiger partial charge in [0.1, 0.15) is 28.7 Å². The molecular weight excluding hydrogens is 797 g/mol. The molecule has 2 aromatic carbocycles. The van der Waals surface area contributed by atoms with Crippen LogP contribution in [0.5, 0.6) is 0 Å². The molecule has 2 atom stereocenters. The number of carbonyl (C=O) groups is 5. The molecule has 5 amide bonds. The second kappa shape index (κ2) is 15.4. The molecule has 5 aliphatic heterocycles. The van der Waals surface area contributed by atoms with Crippen LogP contribution in [0.25, 0.3) is 5.00 Å². The third-order valence-electron chi connectivity index (χ3n) is 11.5. The summed E-state index contributed by atoms with van der Waals surface area (Å²) in [5.41, 5.74) is 1.18. The summed E-state index contributed by atoms with van der Waals surface area (Å²) >= 11 is 7.83. The number of anilines is 1. The Kier molecular flexibility index (Phi) is 7.99. The van der Waals surface area contributed by atoms with Gasteiger partial charge in [-0.1, -0.05) is 23.7 Å². The lowest BCUT2D eigenvalue weighted by atomic mass is 9.95. The lowest BCUT2D eigenvalue weighted by Crippen LogP contribution is -2.54. The predicted molar refractivity (Wildman–Crippen MR) is 219 cm³/mol. The minimum Gasteiger partial charge on any atom is -0.369 e. The molecule has 59 heavy (non-hydrogen) atoms. The van der Waals surface area contributed by atoms with Gasteiger partial charge >= 0.3 is 0 Å². The number of imide groups is 2. The minimum atomic E-state index is -3.45. The second-order valence-electron chi connectivity index (χ2n) is 15.1. The third kappa shape index (κ3) is 7.04. The van der Waals surface area contributed by atoms with Crippen LogP contribution in [0, 0.1) is 32.5 Å². The summed E-state index contributed by atoms with van der Waals surface area (Å²) < 4.78 is 90.2. The number of aliphatic imine (C=N–C) groups is 1. The Bertz CT molecular complexity index is 2810. The molecule has 2 aromatic heterocycles. The summed E-state index contributed by atoms with van der Waals surface area (Å²) in [7, 11) is 0. The van der Waals surface area contributed by atoms with Crippen LogP contribution in [0.4, 0.5) is 10.1 Å². The van der Waals surface area contributed by atoms with Crippen molar-refractivity contribution in [2.45, 2.75) is 65.0 Å². The number of rotatable bonds is 7. The molecule has 306 valence electrons. The number of aromatic nitrogens is 3. The fraction of sp³-hybridized carbons (Fsp3) is 0.429. The van der Waals surface area contributed by atoms with Gasteiger partial charge in [-0.2, -0.15) is 0 Å². The number of aryl methyl sites for hydroxylation is 2. The smallest absolute Gasteiger partial charge is 0.265 e. The number of halogens is 2. The molecular formula is C42H43ClFN9O5S. The zero-order chi connectivity index (χ0) is 48.4. The number of piperazine rings is 1. The van der Waals surface area contributed by atoms with E-state index in [1.54, 1.807) is 28.4 Å². The van der Waals surface area contributed by atoms with Gasteiger partial charge in [-0.25, -0.2) is 4.39 Å². The van der Waals surface area contributed by atoms with Crippen LogP contribution in [-0.2, 0) is 14.4 Å². The van der Waals surface area contributed by atoms with Crippen molar-refractivity contribution in [2.75, 3.05) is 50.5 Å². The summed E-state index contributed by atoms with van der Waals surface area (Å²) in [4.78, 5) is 74.4. The standard InChI is InChI=1S/C42H43ClFN9O5S/c1-22-23(2)59-42-35(22)37(26-4-6-27(43)7-5-26)45-31(38-48-47-24(3)52(38)42)20-34(55)51-12-10-25(11-13-51)21-49-14-16-50(17-15-49)28-18-29-36(30(44)19-28)41(58)53(40(29)57)32-8-9-33(54)46-39(32)56/h4-7,18-19,25,31-32H,8-17,20-21H2,1-3H3,(H,46,54,56)/t31-,32?/m0/s1/i14D2,15D2,16D2,17D2. The SMILES string of the molecule is [2H]C1([2H])N(CC2CCN(C(=O)C[C@@H]3N=C(c4ccc(Cl)cc4)c4c(sc(C)c4C)-n4c(C)nnc43)CC2)C([2H])([2H])C([2H])([2H])N(c2cc(F)c3c(c2)C(=O)N(C2CCC(=O)NC2=O)C3=O)C1([2H])[2H]. The van der Waals surface area contributed by atoms with Gasteiger partial charge in [0, 0.05) is 84.2 Å². The monoisotopic (exact) mass is 847 g/mol. The summed E-state index contributed by atoms with van der Waals surface area (Å²) in [6.07, 6.45) is -0.0619. The van der Waals surface area contributed by atoms with Crippen LogP contribution >= 0.6 is 22.9 Å². The minimum absolute atomic E-state index is 0.0711. The maximum atomic E-state index is 15.9. The molecule has 0 saturated carbocycles. The van der Waals surface area contributed by atoms with E-state index in [9.17, 15) is 24.0 Å². The van der Waals surface area contributed by atoms with E-state index in [0.29, 0.717) is 38.2 Å². The average Bonchev–Trinajstić information content (AvgIpc) is 3.83. The van der Waals surface area contributed by atoms with E-state index in [0.717, 1.165) is 32.6 Å². The molecule has 1 unspecified atom stereocenters. The Morgan fingerprint density at radius 3 is 2.41 bits per heavy atom. The number of hydrogen-bond acceptors (Lipinski definition) is 11. The van der Waals surface area contributed by atoms with Crippen LogP contribution < -0.4 is 10.2 Å². The Morgan fingerprint density at radius 2 is 1.69 bits per heavy atom. The highest BCUT2D eigenvalue weighted by molar-refractivity contribution is 7.15. The van der Waals surface area contributed by atoms with Crippen molar-refractivity contribution < 1.29 is 39.3 Å². The molecule has 1 N–H and O–H groups in total. The lowest BCUT2D eigenvalue weighted by molar-refractivity contribution is -0.136. The molecule has 0 spiro atoms. The molecule has 0 bridgehead atoms. The molecule has 7 heterocycles.